The Morgan fingerprint density at radius 2 is 2.00 bits per heavy atom. The molecular formula is C18H29BrN2. The van der Waals surface area contributed by atoms with Crippen LogP contribution in [-0.4, -0.2) is 37.6 Å². The Morgan fingerprint density at radius 3 is 2.57 bits per heavy atom. The van der Waals surface area contributed by atoms with Gasteiger partial charge in [-0.1, -0.05) is 41.9 Å². The summed E-state index contributed by atoms with van der Waals surface area (Å²) in [5.74, 6) is 1.49. The highest BCUT2D eigenvalue weighted by molar-refractivity contribution is 9.10. The summed E-state index contributed by atoms with van der Waals surface area (Å²) in [6.07, 6.45) is 3.81. The van der Waals surface area contributed by atoms with Crippen LogP contribution in [0, 0.1) is 5.92 Å². The van der Waals surface area contributed by atoms with Gasteiger partial charge in [0.15, 0.2) is 0 Å². The van der Waals surface area contributed by atoms with Crippen LogP contribution in [0.5, 0.6) is 0 Å². The second-order valence-corrected chi connectivity index (χ2v) is 8.09. The van der Waals surface area contributed by atoms with Crippen LogP contribution in [0.4, 0.5) is 0 Å². The molecule has 0 radical (unpaired) electrons. The molecule has 3 heteroatoms. The lowest BCUT2D eigenvalue weighted by Gasteiger charge is -2.40. The van der Waals surface area contributed by atoms with E-state index in [-0.39, 0.29) is 0 Å². The third-order valence-electron chi connectivity index (χ3n) is 4.27. The molecule has 0 heterocycles. The van der Waals surface area contributed by atoms with E-state index in [0.29, 0.717) is 12.1 Å². The Hall–Kier alpha value is -0.380. The number of benzene rings is 1. The third kappa shape index (κ3) is 5.39. The van der Waals surface area contributed by atoms with Crippen molar-refractivity contribution in [2.24, 2.45) is 5.92 Å². The minimum Gasteiger partial charge on any atom is -0.310 e. The normalized spacial score (nSPS) is 23.4. The third-order valence-corrected chi connectivity index (χ3v) is 4.76. The van der Waals surface area contributed by atoms with Gasteiger partial charge in [0, 0.05) is 23.1 Å². The number of hydrogen-bond acceptors (Lipinski definition) is 2. The van der Waals surface area contributed by atoms with Crippen molar-refractivity contribution in [2.75, 3.05) is 20.6 Å². The van der Waals surface area contributed by atoms with Crippen molar-refractivity contribution in [1.29, 1.82) is 0 Å². The van der Waals surface area contributed by atoms with E-state index < -0.39 is 0 Å². The van der Waals surface area contributed by atoms with Crippen molar-refractivity contribution in [3.63, 3.8) is 0 Å². The molecule has 21 heavy (non-hydrogen) atoms. The molecule has 1 saturated carbocycles. The molecular weight excluding hydrogens is 324 g/mol. The fourth-order valence-electron chi connectivity index (χ4n) is 3.33. The van der Waals surface area contributed by atoms with Gasteiger partial charge in [0.2, 0.25) is 0 Å². The van der Waals surface area contributed by atoms with Crippen molar-refractivity contribution in [2.45, 2.75) is 51.1 Å². The highest BCUT2D eigenvalue weighted by Crippen LogP contribution is 2.38. The maximum absolute atomic E-state index is 3.88. The summed E-state index contributed by atoms with van der Waals surface area (Å²) in [5, 5.41) is 3.88. The number of nitrogens with one attached hydrogen (secondary N) is 1. The van der Waals surface area contributed by atoms with E-state index in [2.05, 4.69) is 78.4 Å². The molecule has 1 aromatic rings. The average Bonchev–Trinajstić information content (AvgIpc) is 2.31. The largest absolute Gasteiger partial charge is 0.310 e. The van der Waals surface area contributed by atoms with E-state index in [0.717, 1.165) is 18.4 Å². The molecule has 0 aliphatic heterocycles. The fourth-order valence-corrected chi connectivity index (χ4v) is 3.74. The van der Waals surface area contributed by atoms with Gasteiger partial charge in [0.25, 0.3) is 0 Å². The lowest BCUT2D eigenvalue weighted by molar-refractivity contribution is 0.222. The van der Waals surface area contributed by atoms with Crippen LogP contribution in [0.15, 0.2) is 28.7 Å². The molecule has 1 aromatic carbocycles. The van der Waals surface area contributed by atoms with Crippen molar-refractivity contribution in [1.82, 2.24) is 10.2 Å². The van der Waals surface area contributed by atoms with Crippen molar-refractivity contribution >= 4 is 15.9 Å². The number of rotatable bonds is 7. The zero-order valence-electron chi connectivity index (χ0n) is 13.8. The first-order valence-corrected chi connectivity index (χ1v) is 8.89. The predicted octanol–water partition coefficient (Wildman–Crippen LogP) is 4.26. The van der Waals surface area contributed by atoms with Crippen LogP contribution in [0.25, 0.3) is 0 Å². The Kier molecular flexibility index (Phi) is 6.27. The minimum absolute atomic E-state index is 0.619. The van der Waals surface area contributed by atoms with Gasteiger partial charge < -0.3 is 10.2 Å². The SMILES string of the molecule is CC(C)CC(CN(C)C)NC1CC(c2cccc(Br)c2)C1. The van der Waals surface area contributed by atoms with Gasteiger partial charge in [-0.15, -0.1) is 0 Å². The lowest BCUT2D eigenvalue weighted by atomic mass is 9.75. The maximum atomic E-state index is 3.88. The molecule has 1 fully saturated rings. The monoisotopic (exact) mass is 352 g/mol. The highest BCUT2D eigenvalue weighted by Gasteiger charge is 2.31. The molecule has 0 amide bonds. The lowest BCUT2D eigenvalue weighted by Crippen LogP contribution is -2.49. The van der Waals surface area contributed by atoms with Crippen molar-refractivity contribution in [3.8, 4) is 0 Å². The van der Waals surface area contributed by atoms with E-state index in [1.54, 1.807) is 0 Å². The van der Waals surface area contributed by atoms with E-state index in [1.807, 2.05) is 0 Å². The van der Waals surface area contributed by atoms with Crippen LogP contribution in [0.1, 0.15) is 44.6 Å². The quantitative estimate of drug-likeness (QED) is 0.788. The predicted molar refractivity (Wildman–Crippen MR) is 94.8 cm³/mol. The molecule has 1 aliphatic rings. The number of nitrogens with zero attached hydrogens (tertiary/aromatic N) is 1. The van der Waals surface area contributed by atoms with E-state index in [4.69, 9.17) is 0 Å². The van der Waals surface area contributed by atoms with Crippen molar-refractivity contribution in [3.05, 3.63) is 34.3 Å². The highest BCUT2D eigenvalue weighted by atomic mass is 79.9. The summed E-state index contributed by atoms with van der Waals surface area (Å²) in [5.41, 5.74) is 1.48. The first kappa shape index (κ1) is 17.0. The first-order valence-electron chi connectivity index (χ1n) is 8.10. The molecule has 0 bridgehead atoms. The Balaban J connectivity index is 1.82. The number of halogens is 1. The smallest absolute Gasteiger partial charge is 0.0199 e. The van der Waals surface area contributed by atoms with Gasteiger partial charge in [-0.05, 0) is 62.9 Å². The van der Waals surface area contributed by atoms with Gasteiger partial charge in [-0.3, -0.25) is 0 Å². The zero-order chi connectivity index (χ0) is 15.4. The van der Waals surface area contributed by atoms with Crippen molar-refractivity contribution < 1.29 is 0 Å². The second-order valence-electron chi connectivity index (χ2n) is 7.18. The Bertz CT molecular complexity index is 429. The summed E-state index contributed by atoms with van der Waals surface area (Å²) in [4.78, 5) is 2.30. The molecule has 1 unspecified atom stereocenters. The van der Waals surface area contributed by atoms with Crippen LogP contribution in [0.2, 0.25) is 0 Å². The van der Waals surface area contributed by atoms with Gasteiger partial charge in [-0.2, -0.15) is 0 Å². The topological polar surface area (TPSA) is 15.3 Å². The Labute approximate surface area is 138 Å². The van der Waals surface area contributed by atoms with Gasteiger partial charge >= 0.3 is 0 Å². The summed E-state index contributed by atoms with van der Waals surface area (Å²) in [7, 11) is 4.33. The van der Waals surface area contributed by atoms with Crippen LogP contribution >= 0.6 is 15.9 Å². The zero-order valence-corrected chi connectivity index (χ0v) is 15.4. The first-order chi connectivity index (χ1) is 9.94. The van der Waals surface area contributed by atoms with Gasteiger partial charge in [-0.25, -0.2) is 0 Å². The Morgan fingerprint density at radius 1 is 1.29 bits per heavy atom. The molecule has 1 aliphatic carbocycles. The molecule has 1 N–H and O–H groups in total. The number of hydrogen-bond donors (Lipinski definition) is 1. The van der Waals surface area contributed by atoms with Crippen LogP contribution < -0.4 is 5.32 Å². The molecule has 0 aromatic heterocycles. The van der Waals surface area contributed by atoms with Gasteiger partial charge in [0.1, 0.15) is 0 Å². The van der Waals surface area contributed by atoms with Crippen LogP contribution in [-0.2, 0) is 0 Å². The average molecular weight is 353 g/mol. The van der Waals surface area contributed by atoms with Gasteiger partial charge in [0.05, 0.1) is 0 Å². The summed E-state index contributed by atoms with van der Waals surface area (Å²) in [6.45, 7) is 5.76. The van der Waals surface area contributed by atoms with E-state index in [9.17, 15) is 0 Å². The summed E-state index contributed by atoms with van der Waals surface area (Å²) >= 11 is 3.57. The minimum atomic E-state index is 0.619. The molecule has 0 spiro atoms. The maximum Gasteiger partial charge on any atom is 0.0199 e. The molecule has 118 valence electrons. The standard InChI is InChI=1S/C18H29BrN2/c1-13(2)8-18(12-21(3)4)20-17-10-15(11-17)14-6-5-7-16(19)9-14/h5-7,9,13,15,17-18,20H,8,10-12H2,1-4H3. The fraction of sp³-hybridized carbons (Fsp3) is 0.667. The molecule has 0 saturated heterocycles. The number of likely N-dealkylation sites (N-methyl/N-ethyl adjacent to an activating group) is 1. The second kappa shape index (κ2) is 7.75. The molecule has 1 atom stereocenters. The summed E-state index contributed by atoms with van der Waals surface area (Å²) < 4.78 is 1.20. The van der Waals surface area contributed by atoms with E-state index >= 15 is 0 Å². The molecule has 2 rings (SSSR count). The summed E-state index contributed by atoms with van der Waals surface area (Å²) in [6, 6.07) is 10.1. The van der Waals surface area contributed by atoms with E-state index in [1.165, 1.54) is 29.3 Å². The molecule has 2 nitrogen and oxygen atoms in total. The van der Waals surface area contributed by atoms with Crippen LogP contribution in [0.3, 0.4) is 0 Å².